The van der Waals surface area contributed by atoms with E-state index in [1.54, 1.807) is 7.11 Å². The molecule has 0 spiro atoms. The van der Waals surface area contributed by atoms with Crippen LogP contribution in [0.25, 0.3) is 5.57 Å². The molecule has 0 aromatic heterocycles. The number of hydrogen-bond acceptors (Lipinski definition) is 3. The Balaban J connectivity index is 2.36. The lowest BCUT2D eigenvalue weighted by Crippen LogP contribution is -1.97. The van der Waals surface area contributed by atoms with Crippen LogP contribution in [0.2, 0.25) is 0 Å². The molecule has 1 aromatic carbocycles. The van der Waals surface area contributed by atoms with Gasteiger partial charge in [-0.05, 0) is 35.8 Å². The Hall–Kier alpha value is -1.77. The van der Waals surface area contributed by atoms with E-state index < -0.39 is 0 Å². The summed E-state index contributed by atoms with van der Waals surface area (Å²) in [7, 11) is 1.63. The Labute approximate surface area is 89.3 Å². The lowest BCUT2D eigenvalue weighted by atomic mass is 10.0. The zero-order valence-electron chi connectivity index (χ0n) is 8.73. The molecule has 0 aliphatic carbocycles. The summed E-state index contributed by atoms with van der Waals surface area (Å²) >= 11 is 0. The van der Waals surface area contributed by atoms with Gasteiger partial charge < -0.3 is 10.5 Å². The van der Waals surface area contributed by atoms with Gasteiger partial charge in [0, 0.05) is 12.8 Å². The second kappa shape index (κ2) is 4.17. The number of nitrogen functional groups attached to an aromatic ring is 1. The van der Waals surface area contributed by atoms with Crippen LogP contribution < -0.4 is 10.5 Å². The van der Waals surface area contributed by atoms with E-state index in [2.05, 4.69) is 4.99 Å². The molecule has 1 aliphatic heterocycles. The Morgan fingerprint density at radius 1 is 1.40 bits per heavy atom. The predicted molar refractivity (Wildman–Crippen MR) is 63.4 cm³/mol. The zero-order valence-corrected chi connectivity index (χ0v) is 8.73. The van der Waals surface area contributed by atoms with Gasteiger partial charge in [0.15, 0.2) is 0 Å². The first-order chi connectivity index (χ1) is 7.31. The highest BCUT2D eigenvalue weighted by molar-refractivity contribution is 5.86. The van der Waals surface area contributed by atoms with E-state index in [0.717, 1.165) is 24.3 Å². The maximum absolute atomic E-state index is 5.76. The average Bonchev–Trinajstić information content (AvgIpc) is 2.31. The fourth-order valence-corrected chi connectivity index (χ4v) is 1.64. The van der Waals surface area contributed by atoms with E-state index in [0.29, 0.717) is 5.69 Å². The highest BCUT2D eigenvalue weighted by atomic mass is 16.5. The van der Waals surface area contributed by atoms with E-state index in [-0.39, 0.29) is 0 Å². The van der Waals surface area contributed by atoms with Crippen LogP contribution in [0.3, 0.4) is 0 Å². The van der Waals surface area contributed by atoms with Gasteiger partial charge in [-0.25, -0.2) is 0 Å². The summed E-state index contributed by atoms with van der Waals surface area (Å²) in [5, 5.41) is 0. The number of benzene rings is 1. The largest absolute Gasteiger partial charge is 0.495 e. The summed E-state index contributed by atoms with van der Waals surface area (Å²) in [6.45, 7) is 0.860. The third-order valence-corrected chi connectivity index (χ3v) is 2.50. The normalized spacial score (nSPS) is 14.9. The summed E-state index contributed by atoms with van der Waals surface area (Å²) < 4.78 is 5.19. The first kappa shape index (κ1) is 9.77. The van der Waals surface area contributed by atoms with Crippen molar-refractivity contribution in [1.82, 2.24) is 0 Å². The van der Waals surface area contributed by atoms with Gasteiger partial charge in [-0.3, -0.25) is 4.99 Å². The summed E-state index contributed by atoms with van der Waals surface area (Å²) in [5.74, 6) is 0.732. The van der Waals surface area contributed by atoms with Gasteiger partial charge in [0.1, 0.15) is 5.75 Å². The molecule has 0 bridgehead atoms. The van der Waals surface area contributed by atoms with Gasteiger partial charge in [0.25, 0.3) is 0 Å². The minimum Gasteiger partial charge on any atom is -0.495 e. The molecule has 2 rings (SSSR count). The molecule has 3 nitrogen and oxygen atoms in total. The topological polar surface area (TPSA) is 47.6 Å². The summed E-state index contributed by atoms with van der Waals surface area (Å²) in [5.41, 5.74) is 8.87. The molecule has 78 valence electrons. The summed E-state index contributed by atoms with van der Waals surface area (Å²) in [4.78, 5) is 4.16. The Morgan fingerprint density at radius 2 is 2.27 bits per heavy atom. The number of hydrogen-bond donors (Lipinski definition) is 1. The number of nitrogens with zero attached hydrogens (tertiary/aromatic N) is 1. The Morgan fingerprint density at radius 3 is 2.93 bits per heavy atom. The minimum atomic E-state index is 0.673. The van der Waals surface area contributed by atoms with Crippen molar-refractivity contribution in [3.05, 3.63) is 29.8 Å². The molecule has 2 N–H and O–H groups in total. The highest BCUT2D eigenvalue weighted by Crippen LogP contribution is 2.28. The van der Waals surface area contributed by atoms with Crippen LogP contribution in [0.15, 0.2) is 29.3 Å². The van der Waals surface area contributed by atoms with Crippen LogP contribution in [-0.2, 0) is 0 Å². The molecule has 0 saturated carbocycles. The molecule has 0 saturated heterocycles. The molecule has 1 heterocycles. The third-order valence-electron chi connectivity index (χ3n) is 2.50. The monoisotopic (exact) mass is 202 g/mol. The fourth-order valence-electron chi connectivity index (χ4n) is 1.64. The Kier molecular flexibility index (Phi) is 2.72. The molecule has 1 aromatic rings. The maximum Gasteiger partial charge on any atom is 0.142 e. The van der Waals surface area contributed by atoms with Gasteiger partial charge in [0.2, 0.25) is 0 Å². The molecule has 1 aliphatic rings. The van der Waals surface area contributed by atoms with Crippen molar-refractivity contribution in [2.24, 2.45) is 4.99 Å². The predicted octanol–water partition coefficient (Wildman–Crippen LogP) is 2.14. The minimum absolute atomic E-state index is 0.673. The number of methoxy groups -OCH3 is 1. The molecule has 0 unspecified atom stereocenters. The van der Waals surface area contributed by atoms with E-state index in [9.17, 15) is 0 Å². The molecule has 0 amide bonds. The lowest BCUT2D eigenvalue weighted by Gasteiger charge is -2.11. The molecule has 0 radical (unpaired) electrons. The average molecular weight is 202 g/mol. The van der Waals surface area contributed by atoms with Crippen LogP contribution in [0.1, 0.15) is 12.0 Å². The van der Waals surface area contributed by atoms with Crippen molar-refractivity contribution in [2.45, 2.75) is 6.42 Å². The molecular weight excluding hydrogens is 188 g/mol. The van der Waals surface area contributed by atoms with Gasteiger partial charge >= 0.3 is 0 Å². The fraction of sp³-hybridized carbons (Fsp3) is 0.250. The van der Waals surface area contributed by atoms with Crippen molar-refractivity contribution in [3.63, 3.8) is 0 Å². The van der Waals surface area contributed by atoms with Crippen molar-refractivity contribution < 1.29 is 4.74 Å². The maximum atomic E-state index is 5.76. The number of dihydropyridines is 1. The third kappa shape index (κ3) is 2.01. The van der Waals surface area contributed by atoms with E-state index >= 15 is 0 Å². The SMILES string of the molecule is COc1cc(C2=CC=NCC2)ccc1N. The van der Waals surface area contributed by atoms with Crippen LogP contribution in [0.4, 0.5) is 5.69 Å². The van der Waals surface area contributed by atoms with Crippen molar-refractivity contribution in [1.29, 1.82) is 0 Å². The second-order valence-electron chi connectivity index (χ2n) is 3.45. The van der Waals surface area contributed by atoms with Gasteiger partial charge in [0.05, 0.1) is 12.8 Å². The van der Waals surface area contributed by atoms with E-state index in [1.165, 1.54) is 5.57 Å². The second-order valence-corrected chi connectivity index (χ2v) is 3.45. The quantitative estimate of drug-likeness (QED) is 0.747. The lowest BCUT2D eigenvalue weighted by molar-refractivity contribution is 0.417. The first-order valence-corrected chi connectivity index (χ1v) is 4.94. The van der Waals surface area contributed by atoms with E-state index in [4.69, 9.17) is 10.5 Å². The van der Waals surface area contributed by atoms with E-state index in [1.807, 2.05) is 30.5 Å². The highest BCUT2D eigenvalue weighted by Gasteiger charge is 2.06. The van der Waals surface area contributed by atoms with Crippen LogP contribution >= 0.6 is 0 Å². The van der Waals surface area contributed by atoms with Crippen LogP contribution in [0.5, 0.6) is 5.75 Å². The van der Waals surface area contributed by atoms with Crippen LogP contribution in [-0.4, -0.2) is 19.9 Å². The molecule has 15 heavy (non-hydrogen) atoms. The Bertz CT molecular complexity index is 422. The molecule has 0 fully saturated rings. The number of allylic oxidation sites excluding steroid dienone is 1. The number of nitrogens with two attached hydrogens (primary N) is 1. The smallest absolute Gasteiger partial charge is 0.142 e. The van der Waals surface area contributed by atoms with Crippen molar-refractivity contribution in [3.8, 4) is 5.75 Å². The first-order valence-electron chi connectivity index (χ1n) is 4.94. The number of rotatable bonds is 2. The number of aliphatic imine (C=N–C) groups is 1. The van der Waals surface area contributed by atoms with Gasteiger partial charge in [-0.15, -0.1) is 0 Å². The van der Waals surface area contributed by atoms with Gasteiger partial charge in [-0.2, -0.15) is 0 Å². The van der Waals surface area contributed by atoms with Gasteiger partial charge in [-0.1, -0.05) is 6.07 Å². The zero-order chi connectivity index (χ0) is 10.7. The van der Waals surface area contributed by atoms with Crippen molar-refractivity contribution in [2.75, 3.05) is 19.4 Å². The molecule has 3 heteroatoms. The summed E-state index contributed by atoms with van der Waals surface area (Å²) in [6.07, 6.45) is 4.86. The summed E-state index contributed by atoms with van der Waals surface area (Å²) in [6, 6.07) is 5.87. The number of ether oxygens (including phenoxy) is 1. The molecular formula is C12H14N2O. The molecule has 0 atom stereocenters. The van der Waals surface area contributed by atoms with Crippen LogP contribution in [0, 0.1) is 0 Å². The number of anilines is 1. The van der Waals surface area contributed by atoms with Crippen molar-refractivity contribution >= 4 is 17.5 Å². The standard InChI is InChI=1S/C12H14N2O/c1-15-12-8-10(2-3-11(12)13)9-4-6-14-7-5-9/h2-4,6,8H,5,7,13H2,1H3.